The molecule has 3 aliphatic rings. The average Bonchev–Trinajstić information content (AvgIpc) is 3.17. The van der Waals surface area contributed by atoms with Crippen LogP contribution in [0.2, 0.25) is 0 Å². The lowest BCUT2D eigenvalue weighted by Crippen LogP contribution is -2.32. The van der Waals surface area contributed by atoms with Crippen molar-refractivity contribution < 1.29 is 44.4 Å². The van der Waals surface area contributed by atoms with E-state index in [4.69, 9.17) is 19.9 Å². The number of ether oxygens (including phenoxy) is 3. The third-order valence-corrected chi connectivity index (χ3v) is 6.64. The maximum atomic E-state index is 14.6. The predicted molar refractivity (Wildman–Crippen MR) is 110 cm³/mol. The molecule has 0 fully saturated rings. The summed E-state index contributed by atoms with van der Waals surface area (Å²) in [5, 5.41) is 0. The molecule has 180 valence electrons. The Morgan fingerprint density at radius 2 is 1.88 bits per heavy atom. The van der Waals surface area contributed by atoms with E-state index >= 15 is 0 Å². The third kappa shape index (κ3) is 3.55. The summed E-state index contributed by atoms with van der Waals surface area (Å²) in [5.74, 6) is -2.32. The van der Waals surface area contributed by atoms with Crippen molar-refractivity contribution in [2.45, 2.75) is 17.5 Å². The maximum Gasteiger partial charge on any atom is 0.534 e. The van der Waals surface area contributed by atoms with Crippen LogP contribution in [0.5, 0.6) is 17.2 Å². The van der Waals surface area contributed by atoms with Crippen LogP contribution in [0.25, 0.3) is 5.57 Å². The van der Waals surface area contributed by atoms with Gasteiger partial charge in [-0.3, -0.25) is 0 Å². The fourth-order valence-electron chi connectivity index (χ4n) is 4.07. The van der Waals surface area contributed by atoms with Gasteiger partial charge in [0.2, 0.25) is 0 Å². The molecular weight excluding hydrogens is 484 g/mol. The van der Waals surface area contributed by atoms with Gasteiger partial charge < -0.3 is 24.1 Å². The van der Waals surface area contributed by atoms with Crippen LogP contribution in [0.1, 0.15) is 23.1 Å². The highest BCUT2D eigenvalue weighted by molar-refractivity contribution is 7.88. The summed E-state index contributed by atoms with van der Waals surface area (Å²) in [6.07, 6.45) is 2.57. The fourth-order valence-corrected chi connectivity index (χ4v) is 4.53. The van der Waals surface area contributed by atoms with Crippen LogP contribution in [-0.4, -0.2) is 39.8 Å². The molecule has 34 heavy (non-hydrogen) atoms. The summed E-state index contributed by atoms with van der Waals surface area (Å²) < 4.78 is 96.6. The second-order valence-corrected chi connectivity index (χ2v) is 9.27. The van der Waals surface area contributed by atoms with Gasteiger partial charge in [0.15, 0.2) is 17.1 Å². The lowest BCUT2D eigenvalue weighted by molar-refractivity contribution is -0.0501. The van der Waals surface area contributed by atoms with Crippen molar-refractivity contribution in [2.75, 3.05) is 19.8 Å². The number of amidine groups is 1. The van der Waals surface area contributed by atoms with Gasteiger partial charge in [-0.25, -0.2) is 9.38 Å². The van der Waals surface area contributed by atoms with Crippen LogP contribution in [0.15, 0.2) is 41.4 Å². The molecule has 13 heteroatoms. The molecule has 0 radical (unpaired) electrons. The molecule has 2 aromatic rings. The summed E-state index contributed by atoms with van der Waals surface area (Å²) in [6.45, 7) is 0.804. The SMILES string of the molecule is NC1=N[C@]2(CO1)c1cc(C3=CCOCC3)ccc1Oc1cc(F)c(OS(=O)(=O)C(F)(F)F)cc12. The summed E-state index contributed by atoms with van der Waals surface area (Å²) in [5.41, 5.74) is 0.920. The van der Waals surface area contributed by atoms with Gasteiger partial charge in [-0.15, -0.1) is 0 Å². The molecule has 0 bridgehead atoms. The first-order valence-corrected chi connectivity index (χ1v) is 11.3. The third-order valence-electron chi connectivity index (χ3n) is 5.67. The van der Waals surface area contributed by atoms with Gasteiger partial charge >= 0.3 is 15.6 Å². The zero-order valence-corrected chi connectivity index (χ0v) is 18.0. The lowest BCUT2D eigenvalue weighted by Gasteiger charge is -2.34. The molecule has 0 amide bonds. The van der Waals surface area contributed by atoms with Gasteiger partial charge in [0.05, 0.1) is 13.2 Å². The smallest absolute Gasteiger partial charge is 0.462 e. The number of hydrogen-bond donors (Lipinski definition) is 1. The van der Waals surface area contributed by atoms with Crippen LogP contribution < -0.4 is 14.7 Å². The Bertz CT molecular complexity index is 1360. The Labute approximate surface area is 190 Å². The quantitative estimate of drug-likeness (QED) is 0.390. The first-order chi connectivity index (χ1) is 16.0. The van der Waals surface area contributed by atoms with Gasteiger partial charge in [0, 0.05) is 17.2 Å². The van der Waals surface area contributed by atoms with Gasteiger partial charge in [-0.2, -0.15) is 21.6 Å². The van der Waals surface area contributed by atoms with E-state index in [1.165, 1.54) is 0 Å². The number of rotatable bonds is 3. The fraction of sp³-hybridized carbons (Fsp3) is 0.286. The summed E-state index contributed by atoms with van der Waals surface area (Å²) in [6, 6.07) is 6.58. The number of halogens is 4. The Hall–Kier alpha value is -3.32. The predicted octanol–water partition coefficient (Wildman–Crippen LogP) is 3.55. The van der Waals surface area contributed by atoms with Gasteiger partial charge in [-0.1, -0.05) is 12.1 Å². The van der Waals surface area contributed by atoms with E-state index < -0.39 is 32.7 Å². The van der Waals surface area contributed by atoms with Crippen molar-refractivity contribution in [3.05, 3.63) is 58.9 Å². The number of alkyl halides is 3. The molecule has 2 aromatic carbocycles. The van der Waals surface area contributed by atoms with Gasteiger partial charge in [0.25, 0.3) is 6.02 Å². The van der Waals surface area contributed by atoms with Crippen molar-refractivity contribution in [3.63, 3.8) is 0 Å². The highest BCUT2D eigenvalue weighted by Gasteiger charge is 2.51. The van der Waals surface area contributed by atoms with Crippen LogP contribution in [-0.2, 0) is 25.1 Å². The number of benzene rings is 2. The second-order valence-electron chi connectivity index (χ2n) is 7.73. The van der Waals surface area contributed by atoms with Crippen LogP contribution in [0.3, 0.4) is 0 Å². The van der Waals surface area contributed by atoms with E-state index in [2.05, 4.69) is 9.18 Å². The van der Waals surface area contributed by atoms with Crippen LogP contribution in [0.4, 0.5) is 17.6 Å². The van der Waals surface area contributed by atoms with E-state index in [1.807, 2.05) is 6.08 Å². The van der Waals surface area contributed by atoms with Crippen LogP contribution in [0, 0.1) is 5.82 Å². The molecule has 5 rings (SSSR count). The minimum atomic E-state index is -6.12. The molecule has 0 saturated carbocycles. The number of hydrogen-bond acceptors (Lipinski definition) is 8. The first kappa shape index (κ1) is 22.5. The van der Waals surface area contributed by atoms with Crippen LogP contribution >= 0.6 is 0 Å². The molecule has 1 spiro atoms. The average molecular weight is 500 g/mol. The minimum Gasteiger partial charge on any atom is -0.462 e. The Morgan fingerprint density at radius 1 is 1.12 bits per heavy atom. The molecule has 0 aromatic heterocycles. The Kier molecular flexibility index (Phi) is 5.02. The molecule has 8 nitrogen and oxygen atoms in total. The van der Waals surface area contributed by atoms with Crippen molar-refractivity contribution in [3.8, 4) is 17.2 Å². The molecule has 0 unspecified atom stereocenters. The molecule has 0 aliphatic carbocycles. The van der Waals surface area contributed by atoms with Crippen molar-refractivity contribution in [1.82, 2.24) is 0 Å². The Balaban J connectivity index is 1.66. The molecule has 2 N–H and O–H groups in total. The van der Waals surface area contributed by atoms with Crippen molar-refractivity contribution in [1.29, 1.82) is 0 Å². The topological polar surface area (TPSA) is 109 Å². The van der Waals surface area contributed by atoms with Crippen molar-refractivity contribution >= 4 is 21.7 Å². The molecule has 1 atom stereocenters. The normalized spacial score (nSPS) is 21.6. The maximum absolute atomic E-state index is 14.6. The highest BCUT2D eigenvalue weighted by atomic mass is 32.2. The number of aliphatic imine (C=N–C) groups is 1. The van der Waals surface area contributed by atoms with E-state index in [-0.39, 0.29) is 23.9 Å². The van der Waals surface area contributed by atoms with Crippen molar-refractivity contribution in [2.24, 2.45) is 10.7 Å². The standard InChI is InChI=1S/C21H16F4N2O6S/c22-15-9-17-14(8-18(15)33-34(28,29)21(23,24)25)20(10-31-19(26)27-20)13-7-12(1-2-16(13)32-17)11-3-5-30-6-4-11/h1-3,7-9H,4-6,10H2,(H2,26,27)/t20-/m1/s1. The summed E-state index contributed by atoms with van der Waals surface area (Å²) >= 11 is 0. The van der Waals surface area contributed by atoms with E-state index in [9.17, 15) is 26.0 Å². The lowest BCUT2D eigenvalue weighted by atomic mass is 9.80. The molecule has 3 heterocycles. The molecule has 0 saturated heterocycles. The zero-order chi connectivity index (χ0) is 24.3. The van der Waals surface area contributed by atoms with Gasteiger partial charge in [-0.05, 0) is 35.8 Å². The van der Waals surface area contributed by atoms with Gasteiger partial charge in [0.1, 0.15) is 18.1 Å². The molecule has 3 aliphatic heterocycles. The van der Waals surface area contributed by atoms with E-state index in [1.54, 1.807) is 18.2 Å². The van der Waals surface area contributed by atoms with E-state index in [0.29, 0.717) is 30.9 Å². The minimum absolute atomic E-state index is 0.0346. The summed E-state index contributed by atoms with van der Waals surface area (Å²) in [7, 11) is -6.12. The largest absolute Gasteiger partial charge is 0.534 e. The molecular formula is C21H16F4N2O6S. The second kappa shape index (κ2) is 7.60. The van der Waals surface area contributed by atoms with E-state index in [0.717, 1.165) is 23.3 Å². The number of fused-ring (bicyclic) bond motifs is 4. The monoisotopic (exact) mass is 500 g/mol. The first-order valence-electron chi connectivity index (χ1n) is 9.93. The zero-order valence-electron chi connectivity index (χ0n) is 17.2. The number of nitrogens with two attached hydrogens (primary N) is 1. The Morgan fingerprint density at radius 3 is 2.53 bits per heavy atom. The highest BCUT2D eigenvalue weighted by Crippen LogP contribution is 2.53. The summed E-state index contributed by atoms with van der Waals surface area (Å²) in [4.78, 5) is 4.36. The number of nitrogens with zero attached hydrogens (tertiary/aromatic N) is 1.